The maximum atomic E-state index is 14.0. The van der Waals surface area contributed by atoms with Crippen LogP contribution in [0.3, 0.4) is 0 Å². The van der Waals surface area contributed by atoms with Gasteiger partial charge in [-0.1, -0.05) is 17.7 Å². The van der Waals surface area contributed by atoms with Crippen molar-refractivity contribution in [2.24, 2.45) is 0 Å². The molecule has 0 saturated carbocycles. The fourth-order valence-electron chi connectivity index (χ4n) is 1.99. The highest BCUT2D eigenvalue weighted by Gasteiger charge is 2.22. The maximum Gasteiger partial charge on any atom is 0.130 e. The summed E-state index contributed by atoms with van der Waals surface area (Å²) in [5.74, 6) is -0.540. The van der Waals surface area contributed by atoms with Gasteiger partial charge in [-0.3, -0.25) is 4.68 Å². The number of benzene rings is 1. The highest BCUT2D eigenvalue weighted by molar-refractivity contribution is 9.10. The number of aromatic nitrogens is 2. The molecule has 0 radical (unpaired) electrons. The van der Waals surface area contributed by atoms with Crippen LogP contribution in [0.2, 0.25) is 5.02 Å². The summed E-state index contributed by atoms with van der Waals surface area (Å²) in [4.78, 5) is 2.01. The molecule has 114 valence electrons. The standard InChI is InChI=1S/C14H16BrClFN3O/c1-19(2)5-6-20-13(11(15)8-18-20)14(21)10-4-3-9(16)7-12(10)17/h3-4,7-8,14,21H,5-6H2,1-2H3. The molecule has 2 rings (SSSR count). The summed E-state index contributed by atoms with van der Waals surface area (Å²) in [7, 11) is 3.90. The lowest BCUT2D eigenvalue weighted by Crippen LogP contribution is -2.21. The molecule has 0 saturated heterocycles. The molecule has 4 nitrogen and oxygen atoms in total. The Kier molecular flexibility index (Phi) is 5.37. The van der Waals surface area contributed by atoms with Crippen molar-refractivity contribution in [3.63, 3.8) is 0 Å². The Balaban J connectivity index is 2.34. The predicted molar refractivity (Wildman–Crippen MR) is 84.0 cm³/mol. The highest BCUT2D eigenvalue weighted by Crippen LogP contribution is 2.30. The van der Waals surface area contributed by atoms with Gasteiger partial charge in [-0.2, -0.15) is 5.10 Å². The summed E-state index contributed by atoms with van der Waals surface area (Å²) in [6, 6.07) is 4.23. The Morgan fingerprint density at radius 1 is 1.48 bits per heavy atom. The Hall–Kier alpha value is -0.950. The van der Waals surface area contributed by atoms with Crippen LogP contribution in [0.25, 0.3) is 0 Å². The lowest BCUT2D eigenvalue weighted by molar-refractivity contribution is 0.200. The molecule has 0 aliphatic carbocycles. The van der Waals surface area contributed by atoms with E-state index in [1.54, 1.807) is 16.9 Å². The molecule has 1 N–H and O–H groups in total. The second-order valence-corrected chi connectivity index (χ2v) is 6.26. The minimum absolute atomic E-state index is 0.173. The Morgan fingerprint density at radius 3 is 2.81 bits per heavy atom. The monoisotopic (exact) mass is 375 g/mol. The van der Waals surface area contributed by atoms with Gasteiger partial charge in [0.05, 0.1) is 22.9 Å². The zero-order chi connectivity index (χ0) is 15.6. The molecule has 1 unspecified atom stereocenters. The molecule has 21 heavy (non-hydrogen) atoms. The van der Waals surface area contributed by atoms with Crippen molar-refractivity contribution in [1.82, 2.24) is 14.7 Å². The third kappa shape index (κ3) is 3.83. The van der Waals surface area contributed by atoms with E-state index in [9.17, 15) is 9.50 Å². The van der Waals surface area contributed by atoms with Gasteiger partial charge in [0.1, 0.15) is 11.9 Å². The molecular formula is C14H16BrClFN3O. The van der Waals surface area contributed by atoms with Crippen LogP contribution >= 0.6 is 27.5 Å². The summed E-state index contributed by atoms with van der Waals surface area (Å²) in [5.41, 5.74) is 0.699. The van der Waals surface area contributed by atoms with Gasteiger partial charge in [0.15, 0.2) is 0 Å². The number of likely N-dealkylation sites (N-methyl/N-ethyl adjacent to an activating group) is 1. The first kappa shape index (κ1) is 16.4. The summed E-state index contributed by atoms with van der Waals surface area (Å²) in [5, 5.41) is 15.0. The van der Waals surface area contributed by atoms with Crippen molar-refractivity contribution in [2.45, 2.75) is 12.6 Å². The first-order chi connectivity index (χ1) is 9.90. The van der Waals surface area contributed by atoms with Crippen molar-refractivity contribution in [3.8, 4) is 0 Å². The van der Waals surface area contributed by atoms with Crippen molar-refractivity contribution in [3.05, 3.63) is 51.0 Å². The quantitative estimate of drug-likeness (QED) is 0.872. The van der Waals surface area contributed by atoms with Crippen molar-refractivity contribution < 1.29 is 9.50 Å². The van der Waals surface area contributed by atoms with Crippen molar-refractivity contribution in [2.75, 3.05) is 20.6 Å². The maximum absolute atomic E-state index is 14.0. The molecule has 0 fully saturated rings. The Labute approximate surface area is 136 Å². The molecule has 1 aromatic heterocycles. The smallest absolute Gasteiger partial charge is 0.130 e. The van der Waals surface area contributed by atoms with E-state index in [0.717, 1.165) is 6.54 Å². The van der Waals surface area contributed by atoms with E-state index < -0.39 is 11.9 Å². The van der Waals surface area contributed by atoms with E-state index in [-0.39, 0.29) is 5.56 Å². The van der Waals surface area contributed by atoms with E-state index in [0.29, 0.717) is 21.7 Å². The highest BCUT2D eigenvalue weighted by atomic mass is 79.9. The Morgan fingerprint density at radius 2 is 2.19 bits per heavy atom. The summed E-state index contributed by atoms with van der Waals surface area (Å²) >= 11 is 9.10. The number of aliphatic hydroxyl groups excluding tert-OH is 1. The second kappa shape index (κ2) is 6.87. The zero-order valence-electron chi connectivity index (χ0n) is 11.7. The molecule has 1 aromatic carbocycles. The number of hydrogen-bond acceptors (Lipinski definition) is 3. The average molecular weight is 377 g/mol. The van der Waals surface area contributed by atoms with Crippen LogP contribution < -0.4 is 0 Å². The normalized spacial score (nSPS) is 12.9. The van der Waals surface area contributed by atoms with Gasteiger partial charge in [-0.15, -0.1) is 0 Å². The van der Waals surface area contributed by atoms with E-state index >= 15 is 0 Å². The van der Waals surface area contributed by atoms with E-state index in [2.05, 4.69) is 21.0 Å². The van der Waals surface area contributed by atoms with Gasteiger partial charge < -0.3 is 10.0 Å². The van der Waals surface area contributed by atoms with Crippen molar-refractivity contribution in [1.29, 1.82) is 0 Å². The number of nitrogens with zero attached hydrogens (tertiary/aromatic N) is 3. The van der Waals surface area contributed by atoms with Crippen LogP contribution in [0.1, 0.15) is 17.4 Å². The fourth-order valence-corrected chi connectivity index (χ4v) is 2.66. The molecule has 0 spiro atoms. The molecule has 1 heterocycles. The fraction of sp³-hybridized carbons (Fsp3) is 0.357. The average Bonchev–Trinajstić information content (AvgIpc) is 2.77. The summed E-state index contributed by atoms with van der Waals surface area (Å²) in [6.07, 6.45) is 0.489. The number of hydrogen-bond donors (Lipinski definition) is 1. The van der Waals surface area contributed by atoms with E-state index in [4.69, 9.17) is 11.6 Å². The number of rotatable bonds is 5. The van der Waals surface area contributed by atoms with Gasteiger partial charge >= 0.3 is 0 Å². The van der Waals surface area contributed by atoms with Crippen LogP contribution in [0.5, 0.6) is 0 Å². The summed E-state index contributed by atoms with van der Waals surface area (Å²) < 4.78 is 16.3. The SMILES string of the molecule is CN(C)CCn1ncc(Br)c1C(O)c1ccc(Cl)cc1F. The molecule has 0 bridgehead atoms. The molecule has 0 amide bonds. The third-order valence-electron chi connectivity index (χ3n) is 3.11. The van der Waals surface area contributed by atoms with Crippen LogP contribution in [-0.4, -0.2) is 40.4 Å². The topological polar surface area (TPSA) is 41.3 Å². The van der Waals surface area contributed by atoms with E-state index in [1.165, 1.54) is 12.1 Å². The molecule has 7 heteroatoms. The van der Waals surface area contributed by atoms with Gasteiger partial charge in [0, 0.05) is 17.1 Å². The summed E-state index contributed by atoms with van der Waals surface area (Å²) in [6.45, 7) is 1.36. The molecule has 1 atom stereocenters. The third-order valence-corrected chi connectivity index (χ3v) is 3.95. The lowest BCUT2D eigenvalue weighted by atomic mass is 10.1. The molecule has 2 aromatic rings. The molecule has 0 aliphatic rings. The minimum Gasteiger partial charge on any atom is -0.382 e. The Bertz CT molecular complexity index is 633. The van der Waals surface area contributed by atoms with Crippen LogP contribution in [0, 0.1) is 5.82 Å². The first-order valence-corrected chi connectivity index (χ1v) is 7.56. The van der Waals surface area contributed by atoms with Crippen LogP contribution in [0.4, 0.5) is 4.39 Å². The lowest BCUT2D eigenvalue weighted by Gasteiger charge is -2.17. The molecular weight excluding hydrogens is 361 g/mol. The van der Waals surface area contributed by atoms with E-state index in [1.807, 2.05) is 19.0 Å². The minimum atomic E-state index is -1.11. The number of aliphatic hydroxyl groups is 1. The first-order valence-electron chi connectivity index (χ1n) is 6.39. The van der Waals surface area contributed by atoms with Gasteiger partial charge in [-0.05, 0) is 42.2 Å². The van der Waals surface area contributed by atoms with Gasteiger partial charge in [-0.25, -0.2) is 4.39 Å². The second-order valence-electron chi connectivity index (χ2n) is 4.97. The van der Waals surface area contributed by atoms with Gasteiger partial charge in [0.2, 0.25) is 0 Å². The number of halogens is 3. The van der Waals surface area contributed by atoms with Crippen LogP contribution in [-0.2, 0) is 6.54 Å². The predicted octanol–water partition coefficient (Wildman–Crippen LogP) is 3.08. The zero-order valence-corrected chi connectivity index (χ0v) is 14.1. The largest absolute Gasteiger partial charge is 0.382 e. The van der Waals surface area contributed by atoms with Crippen molar-refractivity contribution >= 4 is 27.5 Å². The van der Waals surface area contributed by atoms with Crippen LogP contribution in [0.15, 0.2) is 28.9 Å². The van der Waals surface area contributed by atoms with Gasteiger partial charge in [0.25, 0.3) is 0 Å². The molecule has 0 aliphatic heterocycles.